The first-order chi connectivity index (χ1) is 16.4. The molecule has 1 aliphatic rings. The summed E-state index contributed by atoms with van der Waals surface area (Å²) in [6.45, 7) is 10.3. The van der Waals surface area contributed by atoms with Gasteiger partial charge in [0.25, 0.3) is 0 Å². The van der Waals surface area contributed by atoms with E-state index in [1.54, 1.807) is 0 Å². The summed E-state index contributed by atoms with van der Waals surface area (Å²) in [5.74, 6) is 1.60. The summed E-state index contributed by atoms with van der Waals surface area (Å²) in [6.07, 6.45) is 0. The van der Waals surface area contributed by atoms with Crippen molar-refractivity contribution >= 4 is 0 Å². The Hall–Kier alpha value is -2.87. The van der Waals surface area contributed by atoms with Crippen LogP contribution in [0.4, 0.5) is 0 Å². The van der Waals surface area contributed by atoms with Crippen LogP contribution in [0.5, 0.6) is 11.5 Å². The smallest absolute Gasteiger partial charge is 0.134 e. The normalized spacial score (nSPS) is 19.1. The first kappa shape index (κ1) is 24.3. The summed E-state index contributed by atoms with van der Waals surface area (Å²) >= 11 is 0. The monoisotopic (exact) mass is 465 g/mol. The Bertz CT molecular complexity index is 1080. The average Bonchev–Trinajstić information content (AvgIpc) is 3.00. The van der Waals surface area contributed by atoms with Crippen molar-refractivity contribution < 1.29 is 19.3 Å². The number of aryl methyl sites for hydroxylation is 3. The second-order valence-corrected chi connectivity index (χ2v) is 9.24. The van der Waals surface area contributed by atoms with E-state index in [2.05, 4.69) is 35.1 Å². The number of aromatic nitrogens is 2. The molecule has 0 amide bonds. The van der Waals surface area contributed by atoms with E-state index >= 15 is 0 Å². The maximum atomic E-state index is 11.2. The maximum absolute atomic E-state index is 11.2. The van der Waals surface area contributed by atoms with Crippen LogP contribution in [0, 0.1) is 20.8 Å². The lowest BCUT2D eigenvalue weighted by atomic mass is 10.1. The van der Waals surface area contributed by atoms with Gasteiger partial charge in [-0.2, -0.15) is 5.10 Å². The fourth-order valence-corrected chi connectivity index (χ4v) is 4.28. The van der Waals surface area contributed by atoms with Crippen LogP contribution in [0.25, 0.3) is 0 Å². The number of nitrogens with zero attached hydrogens (tertiary/aromatic N) is 3. The van der Waals surface area contributed by atoms with E-state index in [9.17, 15) is 5.11 Å². The van der Waals surface area contributed by atoms with Crippen LogP contribution in [-0.2, 0) is 17.8 Å². The minimum absolute atomic E-state index is 0.183. The van der Waals surface area contributed by atoms with Crippen molar-refractivity contribution in [3.63, 3.8) is 0 Å². The molecular weight excluding hydrogens is 430 g/mol. The van der Waals surface area contributed by atoms with E-state index in [0.29, 0.717) is 32.8 Å². The Morgan fingerprint density at radius 2 is 1.82 bits per heavy atom. The molecular formula is C27H35N3O4. The van der Waals surface area contributed by atoms with Crippen molar-refractivity contribution in [3.05, 3.63) is 77.1 Å². The highest BCUT2D eigenvalue weighted by atomic mass is 16.5. The Labute approximate surface area is 201 Å². The van der Waals surface area contributed by atoms with Crippen molar-refractivity contribution in [2.45, 2.75) is 39.5 Å². The molecule has 4 rings (SSSR count). The third-order valence-corrected chi connectivity index (χ3v) is 5.92. The van der Waals surface area contributed by atoms with Crippen LogP contribution in [0.3, 0.4) is 0 Å². The molecule has 1 aliphatic heterocycles. The van der Waals surface area contributed by atoms with Gasteiger partial charge in [0.15, 0.2) is 0 Å². The third kappa shape index (κ3) is 6.82. The fraction of sp³-hybridized carbons (Fsp3) is 0.444. The predicted octanol–water partition coefficient (Wildman–Crippen LogP) is 3.53. The molecule has 182 valence electrons. The largest absolute Gasteiger partial charge is 0.492 e. The van der Waals surface area contributed by atoms with Crippen molar-refractivity contribution in [3.8, 4) is 11.5 Å². The van der Waals surface area contributed by atoms with Crippen molar-refractivity contribution in [1.82, 2.24) is 14.7 Å². The summed E-state index contributed by atoms with van der Waals surface area (Å²) in [5.41, 5.74) is 3.34. The number of hydrogen-bond acceptors (Lipinski definition) is 6. The number of rotatable bonds is 9. The predicted molar refractivity (Wildman–Crippen MR) is 131 cm³/mol. The fourth-order valence-electron chi connectivity index (χ4n) is 4.28. The molecule has 1 saturated heterocycles. The van der Waals surface area contributed by atoms with Gasteiger partial charge in [0.2, 0.25) is 0 Å². The quantitative estimate of drug-likeness (QED) is 0.522. The molecule has 1 N–H and O–H groups in total. The topological polar surface area (TPSA) is 69.0 Å². The van der Waals surface area contributed by atoms with Gasteiger partial charge < -0.3 is 19.3 Å². The molecule has 0 bridgehead atoms. The van der Waals surface area contributed by atoms with E-state index in [0.717, 1.165) is 40.6 Å². The van der Waals surface area contributed by atoms with Gasteiger partial charge in [-0.25, -0.2) is 0 Å². The molecule has 34 heavy (non-hydrogen) atoms. The number of hydrogen-bond donors (Lipinski definition) is 1. The zero-order valence-electron chi connectivity index (χ0n) is 20.4. The molecule has 1 atom stereocenters. The molecule has 7 nitrogen and oxygen atoms in total. The standard InChI is InChI=1S/C27H35N3O4/c1-21-6-4-8-25(14-21)34-20-27(31)18-29(10-12-32-19-27)17-24-7-5-9-26(16-24)33-13-11-30-23(3)15-22(2)28-30/h4-9,14-16,31H,10-13,17-20H2,1-3H3/t27-/m0/s1. The summed E-state index contributed by atoms with van der Waals surface area (Å²) < 4.78 is 19.6. The van der Waals surface area contributed by atoms with Crippen molar-refractivity contribution in [2.24, 2.45) is 0 Å². The summed E-state index contributed by atoms with van der Waals surface area (Å²) in [6, 6.07) is 18.1. The van der Waals surface area contributed by atoms with Gasteiger partial charge in [0.1, 0.15) is 30.3 Å². The summed E-state index contributed by atoms with van der Waals surface area (Å²) in [7, 11) is 0. The first-order valence-corrected chi connectivity index (χ1v) is 11.8. The zero-order valence-corrected chi connectivity index (χ0v) is 20.4. The lowest BCUT2D eigenvalue weighted by Crippen LogP contribution is -2.48. The molecule has 0 aliphatic carbocycles. The van der Waals surface area contributed by atoms with E-state index in [1.165, 1.54) is 0 Å². The molecule has 1 fully saturated rings. The Kier molecular flexibility index (Phi) is 7.88. The van der Waals surface area contributed by atoms with Crippen LogP contribution in [-0.4, -0.2) is 64.9 Å². The van der Waals surface area contributed by atoms with E-state index in [-0.39, 0.29) is 13.2 Å². The lowest BCUT2D eigenvalue weighted by molar-refractivity contribution is -0.0646. The minimum Gasteiger partial charge on any atom is -0.492 e. The second kappa shape index (κ2) is 11.0. The highest BCUT2D eigenvalue weighted by Gasteiger charge is 2.33. The van der Waals surface area contributed by atoms with Crippen LogP contribution < -0.4 is 9.47 Å². The van der Waals surface area contributed by atoms with Crippen LogP contribution in [0.1, 0.15) is 22.5 Å². The molecule has 2 heterocycles. The molecule has 0 unspecified atom stereocenters. The summed E-state index contributed by atoms with van der Waals surface area (Å²) in [4.78, 5) is 2.21. The number of benzene rings is 2. The molecule has 2 aromatic carbocycles. The molecule has 0 spiro atoms. The highest BCUT2D eigenvalue weighted by molar-refractivity contribution is 5.29. The average molecular weight is 466 g/mol. The highest BCUT2D eigenvalue weighted by Crippen LogP contribution is 2.21. The third-order valence-electron chi connectivity index (χ3n) is 5.92. The Morgan fingerprint density at radius 1 is 1.03 bits per heavy atom. The van der Waals surface area contributed by atoms with Gasteiger partial charge in [0.05, 0.1) is 25.5 Å². The van der Waals surface area contributed by atoms with Crippen molar-refractivity contribution in [2.75, 3.05) is 39.5 Å². The summed E-state index contributed by atoms with van der Waals surface area (Å²) in [5, 5.41) is 15.7. The van der Waals surface area contributed by atoms with Gasteiger partial charge >= 0.3 is 0 Å². The van der Waals surface area contributed by atoms with E-state index in [4.69, 9.17) is 14.2 Å². The zero-order chi connectivity index (χ0) is 24.0. The maximum Gasteiger partial charge on any atom is 0.134 e. The molecule has 7 heteroatoms. The van der Waals surface area contributed by atoms with Gasteiger partial charge in [-0.05, 0) is 62.2 Å². The SMILES string of the molecule is Cc1cccc(OC[C@@]2(O)COCCN(Cc3cccc(OCCn4nc(C)cc4C)c3)C2)c1. The molecule has 0 radical (unpaired) electrons. The van der Waals surface area contributed by atoms with Gasteiger partial charge in [-0.15, -0.1) is 0 Å². The van der Waals surface area contributed by atoms with Gasteiger partial charge in [-0.1, -0.05) is 24.3 Å². The minimum atomic E-state index is -1.08. The Balaban J connectivity index is 1.32. The van der Waals surface area contributed by atoms with Gasteiger partial charge in [-0.3, -0.25) is 9.58 Å². The second-order valence-electron chi connectivity index (χ2n) is 9.24. The lowest BCUT2D eigenvalue weighted by Gasteiger charge is -2.30. The van der Waals surface area contributed by atoms with Gasteiger partial charge in [0, 0.05) is 25.3 Å². The molecule has 3 aromatic rings. The molecule has 1 aromatic heterocycles. The van der Waals surface area contributed by atoms with Crippen LogP contribution >= 0.6 is 0 Å². The Morgan fingerprint density at radius 3 is 2.59 bits per heavy atom. The van der Waals surface area contributed by atoms with E-state index < -0.39 is 5.60 Å². The molecule has 0 saturated carbocycles. The van der Waals surface area contributed by atoms with Crippen LogP contribution in [0.2, 0.25) is 0 Å². The van der Waals surface area contributed by atoms with Crippen LogP contribution in [0.15, 0.2) is 54.6 Å². The number of β-amino-alcohol motifs (C(OH)–C–C–N with tert-alkyl or cyclic N) is 1. The first-order valence-electron chi connectivity index (χ1n) is 11.8. The number of ether oxygens (including phenoxy) is 3. The number of aliphatic hydroxyl groups is 1. The van der Waals surface area contributed by atoms with Crippen molar-refractivity contribution in [1.29, 1.82) is 0 Å². The van der Waals surface area contributed by atoms with E-state index in [1.807, 2.05) is 54.9 Å².